The monoisotopic (exact) mass is 262 g/mol. The summed E-state index contributed by atoms with van der Waals surface area (Å²) in [7, 11) is 1.11. The predicted octanol–water partition coefficient (Wildman–Crippen LogP) is 1.98. The largest absolute Gasteiger partial charge is 0.465 e. The van der Waals surface area contributed by atoms with E-state index >= 15 is 0 Å². The quantitative estimate of drug-likeness (QED) is 0.392. The average Bonchev–Trinajstić information content (AvgIpc) is 2.34. The number of esters is 1. The molecular weight excluding hydrogens is 254 g/mol. The number of benzene rings is 1. The molecule has 0 saturated heterocycles. The van der Waals surface area contributed by atoms with Crippen LogP contribution in [-0.2, 0) is 4.74 Å². The summed E-state index contributed by atoms with van der Waals surface area (Å²) >= 11 is 5.37. The molecule has 0 radical (unpaired) electrons. The van der Waals surface area contributed by atoms with Crippen molar-refractivity contribution in [2.45, 2.75) is 0 Å². The summed E-state index contributed by atoms with van der Waals surface area (Å²) in [6.45, 7) is 0. The first-order chi connectivity index (χ1) is 8.01. The fraction of sp³-hybridized carbons (Fsp3) is 0.200. The van der Waals surface area contributed by atoms with Crippen LogP contribution >= 0.6 is 11.6 Å². The molecule has 0 aliphatic rings. The highest BCUT2D eigenvalue weighted by molar-refractivity contribution is 6.28. The molecular formula is C10H9ClF2N2O2. The molecule has 92 valence electrons. The average molecular weight is 263 g/mol. The Morgan fingerprint density at radius 2 is 2.18 bits per heavy atom. The number of rotatable bonds is 3. The summed E-state index contributed by atoms with van der Waals surface area (Å²) in [4.78, 5) is 14.9. The highest BCUT2D eigenvalue weighted by Gasteiger charge is 2.19. The van der Waals surface area contributed by atoms with E-state index in [4.69, 9.17) is 17.3 Å². The third-order valence-corrected chi connectivity index (χ3v) is 2.14. The Bertz CT molecular complexity index is 478. The Morgan fingerprint density at radius 3 is 2.71 bits per heavy atom. The minimum Gasteiger partial charge on any atom is -0.465 e. The number of nitrogens with zero attached hydrogens (tertiary/aromatic N) is 1. The van der Waals surface area contributed by atoms with E-state index < -0.39 is 23.3 Å². The Hall–Kier alpha value is -1.69. The van der Waals surface area contributed by atoms with Crippen molar-refractivity contribution >= 4 is 29.1 Å². The van der Waals surface area contributed by atoms with E-state index in [1.807, 2.05) is 0 Å². The molecule has 1 aromatic rings. The zero-order valence-corrected chi connectivity index (χ0v) is 9.59. The van der Waals surface area contributed by atoms with Crippen LogP contribution in [0.5, 0.6) is 0 Å². The van der Waals surface area contributed by atoms with Crippen molar-refractivity contribution in [3.05, 3.63) is 29.3 Å². The van der Waals surface area contributed by atoms with Gasteiger partial charge in [0.25, 0.3) is 0 Å². The number of ether oxygens (including phenoxy) is 1. The highest BCUT2D eigenvalue weighted by Crippen LogP contribution is 2.26. The van der Waals surface area contributed by atoms with Crippen LogP contribution in [0.3, 0.4) is 0 Å². The first kappa shape index (κ1) is 13.4. The first-order valence-electron chi connectivity index (χ1n) is 4.46. The first-order valence-corrected chi connectivity index (χ1v) is 5.00. The number of alkyl halides is 1. The molecule has 1 rings (SSSR count). The number of methoxy groups -OCH3 is 1. The topological polar surface area (TPSA) is 64.7 Å². The van der Waals surface area contributed by atoms with Gasteiger partial charge >= 0.3 is 5.97 Å². The maximum Gasteiger partial charge on any atom is 0.340 e. The molecule has 0 spiro atoms. The van der Waals surface area contributed by atoms with E-state index in [-0.39, 0.29) is 17.3 Å². The lowest BCUT2D eigenvalue weighted by Crippen LogP contribution is -2.13. The van der Waals surface area contributed by atoms with Crippen molar-refractivity contribution in [1.29, 1.82) is 0 Å². The zero-order valence-electron chi connectivity index (χ0n) is 8.84. The molecule has 0 bridgehead atoms. The van der Waals surface area contributed by atoms with Gasteiger partial charge in [-0.05, 0) is 12.1 Å². The van der Waals surface area contributed by atoms with E-state index in [0.29, 0.717) is 0 Å². The van der Waals surface area contributed by atoms with Gasteiger partial charge in [-0.1, -0.05) is 0 Å². The van der Waals surface area contributed by atoms with Crippen LogP contribution in [0.4, 0.5) is 14.5 Å². The Labute approximate surface area is 101 Å². The molecule has 0 atom stereocenters. The molecule has 0 saturated carbocycles. The maximum atomic E-state index is 13.5. The van der Waals surface area contributed by atoms with E-state index in [9.17, 15) is 13.6 Å². The Balaban J connectivity index is 3.42. The normalized spacial score (nSPS) is 11.4. The van der Waals surface area contributed by atoms with Gasteiger partial charge in [-0.25, -0.2) is 18.6 Å². The summed E-state index contributed by atoms with van der Waals surface area (Å²) in [5.41, 5.74) is 4.57. The standard InChI is InChI=1S/C10H9ClF2N2O2/c1-17-10(16)5-2-3-6(12)8(13)9(5)15-7(14)4-11/h2-3H,4H2,1H3,(H2,14,15). The van der Waals surface area contributed by atoms with Gasteiger partial charge in [0, 0.05) is 0 Å². The van der Waals surface area contributed by atoms with Crippen molar-refractivity contribution in [1.82, 2.24) is 0 Å². The molecule has 2 N–H and O–H groups in total. The number of carbonyl (C=O) groups is 1. The van der Waals surface area contributed by atoms with Crippen LogP contribution in [0.2, 0.25) is 0 Å². The van der Waals surface area contributed by atoms with Crippen LogP contribution in [0.15, 0.2) is 17.1 Å². The van der Waals surface area contributed by atoms with E-state index in [0.717, 1.165) is 19.2 Å². The van der Waals surface area contributed by atoms with E-state index in [1.165, 1.54) is 0 Å². The highest BCUT2D eigenvalue weighted by atomic mass is 35.5. The van der Waals surface area contributed by atoms with Crippen molar-refractivity contribution in [3.8, 4) is 0 Å². The third-order valence-electron chi connectivity index (χ3n) is 1.87. The second-order valence-electron chi connectivity index (χ2n) is 2.99. The van der Waals surface area contributed by atoms with Crippen molar-refractivity contribution < 1.29 is 18.3 Å². The molecule has 0 heterocycles. The molecule has 0 fully saturated rings. The fourth-order valence-corrected chi connectivity index (χ4v) is 1.16. The molecule has 0 aliphatic heterocycles. The van der Waals surface area contributed by atoms with Gasteiger partial charge in [0.2, 0.25) is 0 Å². The van der Waals surface area contributed by atoms with Gasteiger partial charge in [0.05, 0.1) is 18.6 Å². The minimum absolute atomic E-state index is 0.138. The lowest BCUT2D eigenvalue weighted by atomic mass is 10.1. The molecule has 7 heteroatoms. The fourth-order valence-electron chi connectivity index (χ4n) is 1.10. The summed E-state index contributed by atoms with van der Waals surface area (Å²) in [5, 5.41) is 0. The lowest BCUT2D eigenvalue weighted by molar-refractivity contribution is 0.0601. The number of hydrogen-bond donors (Lipinski definition) is 1. The number of hydrogen-bond acceptors (Lipinski definition) is 3. The van der Waals surface area contributed by atoms with Gasteiger partial charge in [-0.3, -0.25) is 0 Å². The summed E-state index contributed by atoms with van der Waals surface area (Å²) < 4.78 is 30.9. The number of halogens is 3. The van der Waals surface area contributed by atoms with E-state index in [1.54, 1.807) is 0 Å². The SMILES string of the molecule is COC(=O)c1ccc(F)c(F)c1N=C(N)CCl. The number of carbonyl (C=O) groups excluding carboxylic acids is 1. The minimum atomic E-state index is -1.28. The maximum absolute atomic E-state index is 13.5. The summed E-state index contributed by atoms with van der Waals surface area (Å²) in [6, 6.07) is 1.86. The van der Waals surface area contributed by atoms with Crippen LogP contribution < -0.4 is 5.73 Å². The lowest BCUT2D eigenvalue weighted by Gasteiger charge is -2.06. The van der Waals surface area contributed by atoms with Gasteiger partial charge in [0.15, 0.2) is 11.6 Å². The second kappa shape index (κ2) is 5.58. The van der Waals surface area contributed by atoms with Crippen molar-refractivity contribution in [3.63, 3.8) is 0 Å². The summed E-state index contributed by atoms with van der Waals surface area (Å²) in [6.07, 6.45) is 0. The molecule has 17 heavy (non-hydrogen) atoms. The van der Waals surface area contributed by atoms with Crippen LogP contribution in [0.1, 0.15) is 10.4 Å². The molecule has 0 aromatic heterocycles. The van der Waals surface area contributed by atoms with E-state index in [2.05, 4.69) is 9.73 Å². The van der Waals surface area contributed by atoms with Crippen molar-refractivity contribution in [2.75, 3.05) is 13.0 Å². The molecule has 4 nitrogen and oxygen atoms in total. The zero-order chi connectivity index (χ0) is 13.0. The third kappa shape index (κ3) is 2.91. The predicted molar refractivity (Wildman–Crippen MR) is 59.7 cm³/mol. The molecule has 0 unspecified atom stereocenters. The number of aliphatic imine (C=N–C) groups is 1. The van der Waals surface area contributed by atoms with Crippen LogP contribution in [-0.4, -0.2) is 24.8 Å². The molecule has 0 amide bonds. The smallest absolute Gasteiger partial charge is 0.340 e. The number of amidine groups is 1. The second-order valence-corrected chi connectivity index (χ2v) is 3.25. The van der Waals surface area contributed by atoms with Gasteiger partial charge in [0.1, 0.15) is 11.5 Å². The van der Waals surface area contributed by atoms with Gasteiger partial charge in [-0.15, -0.1) is 11.6 Å². The molecule has 1 aromatic carbocycles. The van der Waals surface area contributed by atoms with Gasteiger partial charge < -0.3 is 10.5 Å². The number of nitrogens with two attached hydrogens (primary N) is 1. The summed E-state index contributed by atoms with van der Waals surface area (Å²) in [5.74, 6) is -3.57. The molecule has 0 aliphatic carbocycles. The van der Waals surface area contributed by atoms with Gasteiger partial charge in [-0.2, -0.15) is 0 Å². The van der Waals surface area contributed by atoms with Crippen molar-refractivity contribution in [2.24, 2.45) is 10.7 Å². The van der Waals surface area contributed by atoms with Crippen LogP contribution in [0.25, 0.3) is 0 Å². The Kier molecular flexibility index (Phi) is 4.39. The Morgan fingerprint density at radius 1 is 1.53 bits per heavy atom. The van der Waals surface area contributed by atoms with Crippen LogP contribution in [0, 0.1) is 11.6 Å².